The Hall–Kier alpha value is -2.84. The Kier molecular flexibility index (Phi) is 9.08. The average Bonchev–Trinajstić information content (AvgIpc) is 3.25. The highest BCUT2D eigenvalue weighted by Gasteiger charge is 2.39. The number of aromatic nitrogens is 3. The molecule has 2 aromatic heterocycles. The molecule has 0 aliphatic carbocycles. The summed E-state index contributed by atoms with van der Waals surface area (Å²) in [6, 6.07) is 1.65. The zero-order chi connectivity index (χ0) is 27.4. The van der Waals surface area contributed by atoms with Crippen LogP contribution in [0.1, 0.15) is 56.0 Å². The molecule has 1 aliphatic heterocycles. The Morgan fingerprint density at radius 3 is 2.54 bits per heavy atom. The number of amides is 2. The van der Waals surface area contributed by atoms with Gasteiger partial charge in [-0.15, -0.1) is 18.3 Å². The average molecular weight is 570 g/mol. The second kappa shape index (κ2) is 11.7. The standard InChI is InChI=1S/C21H24Cl2F3N5O6/c1-20(2,3)37-19(33)31-10-11(27-16(32)13-6-5-12(22)15(23)28-13)4-7-14(31)17-29-30-18(36-17)34-8-9-35-21(24,25)26/h5-6,11,14H,4,7-10H2,1-3H3,(H,27,32)/t11-,14+/m0/s1. The third-order valence-corrected chi connectivity index (χ3v) is 5.55. The Balaban J connectivity index is 1.69. The molecule has 1 N–H and O–H groups in total. The molecule has 0 aromatic carbocycles. The lowest BCUT2D eigenvalue weighted by molar-refractivity contribution is -0.325. The second-order valence-corrected chi connectivity index (χ2v) is 9.68. The van der Waals surface area contributed by atoms with Crippen LogP contribution in [0.25, 0.3) is 0 Å². The Morgan fingerprint density at radius 2 is 1.89 bits per heavy atom. The zero-order valence-electron chi connectivity index (χ0n) is 20.0. The molecule has 0 spiro atoms. The number of piperidine rings is 1. The quantitative estimate of drug-likeness (QED) is 0.376. The van der Waals surface area contributed by atoms with E-state index in [1.54, 1.807) is 20.8 Å². The molecule has 1 fully saturated rings. The fourth-order valence-corrected chi connectivity index (χ4v) is 3.63. The summed E-state index contributed by atoms with van der Waals surface area (Å²) in [4.78, 5) is 30.9. The van der Waals surface area contributed by atoms with Gasteiger partial charge in [0, 0.05) is 12.6 Å². The largest absolute Gasteiger partial charge is 0.522 e. The Bertz CT molecular complexity index is 1110. The van der Waals surface area contributed by atoms with E-state index in [0.29, 0.717) is 6.42 Å². The molecular formula is C21H24Cl2F3N5O6. The van der Waals surface area contributed by atoms with E-state index in [1.807, 2.05) is 0 Å². The molecule has 3 rings (SSSR count). The fourth-order valence-electron chi connectivity index (χ4n) is 3.37. The van der Waals surface area contributed by atoms with Gasteiger partial charge in [-0.1, -0.05) is 28.3 Å². The zero-order valence-corrected chi connectivity index (χ0v) is 21.5. The molecule has 2 atom stereocenters. The fraction of sp³-hybridized carbons (Fsp3) is 0.571. The summed E-state index contributed by atoms with van der Waals surface area (Å²) in [6.45, 7) is 3.86. The van der Waals surface area contributed by atoms with E-state index in [2.05, 4.69) is 25.2 Å². The molecule has 2 amide bonds. The van der Waals surface area contributed by atoms with Crippen LogP contribution in [0.5, 0.6) is 6.08 Å². The first-order valence-corrected chi connectivity index (χ1v) is 11.8. The number of carbonyl (C=O) groups excluding carboxylic acids is 2. The van der Waals surface area contributed by atoms with E-state index >= 15 is 0 Å². The molecule has 1 saturated heterocycles. The van der Waals surface area contributed by atoms with Crippen molar-refractivity contribution in [2.75, 3.05) is 19.8 Å². The number of ether oxygens (including phenoxy) is 3. The summed E-state index contributed by atoms with van der Waals surface area (Å²) in [5.74, 6) is -0.519. The maximum atomic E-state index is 13.0. The van der Waals surface area contributed by atoms with Crippen LogP contribution >= 0.6 is 23.2 Å². The Labute approximate surface area is 219 Å². The molecule has 0 bridgehead atoms. The minimum atomic E-state index is -4.79. The molecule has 1 aliphatic rings. The molecule has 0 unspecified atom stereocenters. The lowest BCUT2D eigenvalue weighted by Crippen LogP contribution is -2.52. The van der Waals surface area contributed by atoms with Gasteiger partial charge < -0.3 is 19.2 Å². The predicted molar refractivity (Wildman–Crippen MR) is 122 cm³/mol. The van der Waals surface area contributed by atoms with Crippen molar-refractivity contribution in [2.24, 2.45) is 0 Å². The third kappa shape index (κ3) is 8.61. The minimum absolute atomic E-state index is 0.00600. The van der Waals surface area contributed by atoms with Gasteiger partial charge in [0.25, 0.3) is 5.91 Å². The van der Waals surface area contributed by atoms with Gasteiger partial charge in [0.1, 0.15) is 29.1 Å². The first-order valence-electron chi connectivity index (χ1n) is 11.0. The van der Waals surface area contributed by atoms with Crippen LogP contribution in [0.2, 0.25) is 10.2 Å². The predicted octanol–water partition coefficient (Wildman–Crippen LogP) is 4.56. The number of halogens is 5. The molecule has 0 saturated carbocycles. The molecule has 16 heteroatoms. The number of hydrogen-bond acceptors (Lipinski definition) is 9. The van der Waals surface area contributed by atoms with Crippen molar-refractivity contribution in [3.63, 3.8) is 0 Å². The Morgan fingerprint density at radius 1 is 1.16 bits per heavy atom. The summed E-state index contributed by atoms with van der Waals surface area (Å²) in [5.41, 5.74) is -0.767. The van der Waals surface area contributed by atoms with Crippen LogP contribution in [-0.4, -0.2) is 69.8 Å². The third-order valence-electron chi connectivity index (χ3n) is 4.86. The maximum absolute atomic E-state index is 13.0. The number of hydrogen-bond donors (Lipinski definition) is 1. The SMILES string of the molecule is CC(C)(C)OC(=O)N1C[C@@H](NC(=O)c2ccc(Cl)c(Cl)n2)CC[C@@H]1c1nnc(OCCOC(F)(F)F)o1. The topological polar surface area (TPSA) is 129 Å². The summed E-state index contributed by atoms with van der Waals surface area (Å²) >= 11 is 11.7. The summed E-state index contributed by atoms with van der Waals surface area (Å²) in [7, 11) is 0. The van der Waals surface area contributed by atoms with Crippen LogP contribution in [0.4, 0.5) is 18.0 Å². The smallest absolute Gasteiger partial charge is 0.447 e. The van der Waals surface area contributed by atoms with Crippen LogP contribution in [0.15, 0.2) is 16.5 Å². The molecule has 0 radical (unpaired) electrons. The van der Waals surface area contributed by atoms with Crippen LogP contribution in [0, 0.1) is 0 Å². The van der Waals surface area contributed by atoms with Crippen molar-refractivity contribution < 1.29 is 41.4 Å². The van der Waals surface area contributed by atoms with Gasteiger partial charge in [-0.3, -0.25) is 14.4 Å². The minimum Gasteiger partial charge on any atom is -0.447 e. The lowest BCUT2D eigenvalue weighted by atomic mass is 9.98. The highest BCUT2D eigenvalue weighted by atomic mass is 35.5. The molecular weight excluding hydrogens is 546 g/mol. The first kappa shape index (κ1) is 28.7. The number of likely N-dealkylation sites (tertiary alicyclic amines) is 1. The number of nitrogens with zero attached hydrogens (tertiary/aromatic N) is 4. The number of pyridine rings is 1. The number of nitrogens with one attached hydrogen (secondary N) is 1. The van der Waals surface area contributed by atoms with Gasteiger partial charge in [-0.05, 0) is 45.7 Å². The highest BCUT2D eigenvalue weighted by Crippen LogP contribution is 2.33. The van der Waals surface area contributed by atoms with Gasteiger partial charge in [0.2, 0.25) is 5.89 Å². The molecule has 2 aromatic rings. The van der Waals surface area contributed by atoms with E-state index in [0.717, 1.165) is 0 Å². The second-order valence-electron chi connectivity index (χ2n) is 8.91. The number of rotatable bonds is 7. The van der Waals surface area contributed by atoms with Crippen LogP contribution in [-0.2, 0) is 9.47 Å². The van der Waals surface area contributed by atoms with Crippen molar-refractivity contribution in [1.29, 1.82) is 0 Å². The van der Waals surface area contributed by atoms with Gasteiger partial charge in [0.05, 0.1) is 11.6 Å². The lowest BCUT2D eigenvalue weighted by Gasteiger charge is -2.38. The van der Waals surface area contributed by atoms with Crippen LogP contribution < -0.4 is 10.1 Å². The highest BCUT2D eigenvalue weighted by molar-refractivity contribution is 6.41. The summed E-state index contributed by atoms with van der Waals surface area (Å²) in [6.07, 6.45) is -5.16. The van der Waals surface area contributed by atoms with Gasteiger partial charge in [-0.25, -0.2) is 9.78 Å². The molecule has 3 heterocycles. The maximum Gasteiger partial charge on any atom is 0.522 e. The number of carbonyl (C=O) groups is 2. The molecule has 204 valence electrons. The first-order chi connectivity index (χ1) is 17.2. The van der Waals surface area contributed by atoms with E-state index in [4.69, 9.17) is 37.1 Å². The van der Waals surface area contributed by atoms with Crippen molar-refractivity contribution in [2.45, 2.75) is 57.7 Å². The molecule has 11 nitrogen and oxygen atoms in total. The van der Waals surface area contributed by atoms with Gasteiger partial charge in [-0.2, -0.15) is 0 Å². The van der Waals surface area contributed by atoms with E-state index in [1.165, 1.54) is 17.0 Å². The monoisotopic (exact) mass is 569 g/mol. The van der Waals surface area contributed by atoms with Gasteiger partial charge >= 0.3 is 18.5 Å². The number of alkyl halides is 3. The van der Waals surface area contributed by atoms with Crippen molar-refractivity contribution >= 4 is 35.2 Å². The van der Waals surface area contributed by atoms with Crippen LogP contribution in [0.3, 0.4) is 0 Å². The van der Waals surface area contributed by atoms with E-state index < -0.39 is 49.3 Å². The summed E-state index contributed by atoms with van der Waals surface area (Å²) < 4.78 is 55.8. The normalized spacial score (nSPS) is 18.4. The van der Waals surface area contributed by atoms with E-state index in [-0.39, 0.29) is 40.8 Å². The van der Waals surface area contributed by atoms with Crippen molar-refractivity contribution in [1.82, 2.24) is 25.4 Å². The van der Waals surface area contributed by atoms with E-state index in [9.17, 15) is 22.8 Å². The summed E-state index contributed by atoms with van der Waals surface area (Å²) in [5, 5.41) is 10.5. The van der Waals surface area contributed by atoms with Gasteiger partial charge in [0.15, 0.2) is 0 Å². The van der Waals surface area contributed by atoms with Crippen molar-refractivity contribution in [3.8, 4) is 6.08 Å². The molecule has 37 heavy (non-hydrogen) atoms. The van der Waals surface area contributed by atoms with Crippen molar-refractivity contribution in [3.05, 3.63) is 33.9 Å².